The molecule has 0 fully saturated rings. The minimum atomic E-state index is -2.35. The topological polar surface area (TPSA) is 113 Å². The van der Waals surface area contributed by atoms with Gasteiger partial charge in [0.15, 0.2) is 0 Å². The van der Waals surface area contributed by atoms with Crippen LogP contribution in [-0.4, -0.2) is 62.8 Å². The second kappa shape index (κ2) is 13.9. The number of nitrogens with one attached hydrogen (secondary N) is 1. The standard InChI is InChI=1S/C32H35FN2O7/c1-31(2,3)42-30(38)34-26-18-17-23(19-25(26)33)24(20-39-4)32(28(36)40-5,29(37)41-6)35-27(21-13-9-7-10-14-21)22-15-11-8-12-16-22/h7-19,24H,20H2,1-6H3,(H,34,38). The maximum absolute atomic E-state index is 15.4. The van der Waals surface area contributed by atoms with Crippen molar-refractivity contribution in [3.63, 3.8) is 0 Å². The van der Waals surface area contributed by atoms with Crippen LogP contribution >= 0.6 is 0 Å². The highest BCUT2D eigenvalue weighted by Gasteiger charge is 2.56. The third-order valence-electron chi connectivity index (χ3n) is 6.24. The van der Waals surface area contributed by atoms with Gasteiger partial charge in [0.05, 0.1) is 38.1 Å². The summed E-state index contributed by atoms with van der Waals surface area (Å²) in [7, 11) is 3.62. The lowest BCUT2D eigenvalue weighted by atomic mass is 9.79. The van der Waals surface area contributed by atoms with Gasteiger partial charge in [-0.1, -0.05) is 66.7 Å². The molecule has 1 atom stereocenters. The van der Waals surface area contributed by atoms with Crippen molar-refractivity contribution in [3.8, 4) is 0 Å². The van der Waals surface area contributed by atoms with Crippen molar-refractivity contribution in [1.82, 2.24) is 0 Å². The van der Waals surface area contributed by atoms with Crippen LogP contribution in [0.4, 0.5) is 14.9 Å². The highest BCUT2D eigenvalue weighted by molar-refractivity contribution is 6.17. The fraction of sp³-hybridized carbons (Fsp3) is 0.312. The summed E-state index contributed by atoms with van der Waals surface area (Å²) < 4.78 is 36.3. The number of carbonyl (C=O) groups excluding carboxylic acids is 3. The fourth-order valence-corrected chi connectivity index (χ4v) is 4.40. The largest absolute Gasteiger partial charge is 0.467 e. The number of hydrogen-bond donors (Lipinski definition) is 1. The van der Waals surface area contributed by atoms with Gasteiger partial charge in [-0.15, -0.1) is 0 Å². The first-order chi connectivity index (χ1) is 20.0. The summed E-state index contributed by atoms with van der Waals surface area (Å²) in [4.78, 5) is 44.4. The molecule has 3 rings (SSSR count). The molecule has 0 aromatic heterocycles. The van der Waals surface area contributed by atoms with Crippen LogP contribution in [0.25, 0.3) is 0 Å². The molecule has 0 saturated heterocycles. The predicted octanol–water partition coefficient (Wildman–Crippen LogP) is 5.53. The Morgan fingerprint density at radius 2 is 1.36 bits per heavy atom. The Bertz CT molecular complexity index is 1360. The minimum absolute atomic E-state index is 0.163. The van der Waals surface area contributed by atoms with Crippen LogP contribution in [0.15, 0.2) is 83.9 Å². The van der Waals surface area contributed by atoms with Crippen molar-refractivity contribution in [2.24, 2.45) is 4.99 Å². The number of esters is 2. The van der Waals surface area contributed by atoms with Crippen LogP contribution in [0.2, 0.25) is 0 Å². The van der Waals surface area contributed by atoms with Crippen molar-refractivity contribution in [1.29, 1.82) is 0 Å². The van der Waals surface area contributed by atoms with Crippen molar-refractivity contribution < 1.29 is 37.7 Å². The number of aliphatic imine (C=N–C) groups is 1. The summed E-state index contributed by atoms with van der Waals surface area (Å²) >= 11 is 0. The van der Waals surface area contributed by atoms with E-state index in [4.69, 9.17) is 23.9 Å². The molecule has 0 saturated carbocycles. The highest BCUT2D eigenvalue weighted by Crippen LogP contribution is 2.37. The third kappa shape index (κ3) is 7.38. The zero-order chi connectivity index (χ0) is 30.9. The first kappa shape index (κ1) is 32.0. The van der Waals surface area contributed by atoms with E-state index in [1.165, 1.54) is 19.2 Å². The van der Waals surface area contributed by atoms with E-state index in [0.29, 0.717) is 16.8 Å². The molecule has 0 bridgehead atoms. The van der Waals surface area contributed by atoms with E-state index in [1.807, 2.05) is 12.1 Å². The molecule has 1 N–H and O–H groups in total. The summed E-state index contributed by atoms with van der Waals surface area (Å²) in [6, 6.07) is 21.8. The van der Waals surface area contributed by atoms with Gasteiger partial charge in [-0.25, -0.2) is 18.8 Å². The zero-order valence-electron chi connectivity index (χ0n) is 24.5. The molecule has 0 aliphatic rings. The van der Waals surface area contributed by atoms with Crippen molar-refractivity contribution in [2.45, 2.75) is 37.8 Å². The lowest BCUT2D eigenvalue weighted by Crippen LogP contribution is -2.53. The van der Waals surface area contributed by atoms with E-state index < -0.39 is 40.9 Å². The summed E-state index contributed by atoms with van der Waals surface area (Å²) in [5, 5.41) is 2.37. The molecule has 3 aromatic rings. The Hall–Kier alpha value is -4.57. The third-order valence-corrected chi connectivity index (χ3v) is 6.24. The number of anilines is 1. The summed E-state index contributed by atoms with van der Waals surface area (Å²) in [6.45, 7) is 4.80. The molecule has 42 heavy (non-hydrogen) atoms. The minimum Gasteiger partial charge on any atom is -0.467 e. The van der Waals surface area contributed by atoms with Crippen molar-refractivity contribution in [2.75, 3.05) is 33.3 Å². The van der Waals surface area contributed by atoms with Crippen LogP contribution in [0.1, 0.15) is 43.4 Å². The van der Waals surface area contributed by atoms with E-state index in [1.54, 1.807) is 69.3 Å². The molecule has 10 heteroatoms. The second-order valence-electron chi connectivity index (χ2n) is 10.3. The van der Waals surface area contributed by atoms with Crippen LogP contribution in [0, 0.1) is 5.82 Å². The van der Waals surface area contributed by atoms with E-state index in [2.05, 4.69) is 5.32 Å². The lowest BCUT2D eigenvalue weighted by Gasteiger charge is -2.33. The number of hydrogen-bond acceptors (Lipinski definition) is 8. The zero-order valence-corrected chi connectivity index (χ0v) is 24.5. The summed E-state index contributed by atoms with van der Waals surface area (Å²) in [6.07, 6.45) is -0.846. The molecule has 0 heterocycles. The molecule has 9 nitrogen and oxygen atoms in total. The normalized spacial score (nSPS) is 12.1. The number of benzene rings is 3. The van der Waals surface area contributed by atoms with E-state index in [0.717, 1.165) is 20.3 Å². The molecule has 0 aliphatic heterocycles. The quantitative estimate of drug-likeness (QED) is 0.146. The maximum atomic E-state index is 15.4. The average Bonchev–Trinajstić information content (AvgIpc) is 2.97. The Morgan fingerprint density at radius 1 is 0.833 bits per heavy atom. The van der Waals surface area contributed by atoms with E-state index >= 15 is 4.39 Å². The lowest BCUT2D eigenvalue weighted by molar-refractivity contribution is -0.163. The van der Waals surface area contributed by atoms with Gasteiger partial charge in [0, 0.05) is 18.2 Å². The Morgan fingerprint density at radius 3 is 1.79 bits per heavy atom. The Kier molecular flexibility index (Phi) is 10.5. The summed E-state index contributed by atoms with van der Waals surface area (Å²) in [5.41, 5.74) is -1.62. The first-order valence-corrected chi connectivity index (χ1v) is 13.1. The average molecular weight is 579 g/mol. The molecular weight excluding hydrogens is 543 g/mol. The number of methoxy groups -OCH3 is 3. The number of amides is 1. The van der Waals surface area contributed by atoms with Gasteiger partial charge >= 0.3 is 18.0 Å². The molecule has 0 spiro atoms. The molecule has 222 valence electrons. The van der Waals surface area contributed by atoms with Crippen LogP contribution in [0.3, 0.4) is 0 Å². The van der Waals surface area contributed by atoms with Gasteiger partial charge in [0.1, 0.15) is 11.4 Å². The van der Waals surface area contributed by atoms with Crippen LogP contribution in [0.5, 0.6) is 0 Å². The smallest absolute Gasteiger partial charge is 0.412 e. The van der Waals surface area contributed by atoms with Gasteiger partial charge in [-0.3, -0.25) is 10.3 Å². The molecule has 0 radical (unpaired) electrons. The maximum Gasteiger partial charge on any atom is 0.412 e. The summed E-state index contributed by atoms with van der Waals surface area (Å²) in [5.74, 6) is -4.11. The molecule has 1 unspecified atom stereocenters. The molecule has 0 aliphatic carbocycles. The molecule has 3 aromatic carbocycles. The first-order valence-electron chi connectivity index (χ1n) is 13.1. The molecule has 1 amide bonds. The fourth-order valence-electron chi connectivity index (χ4n) is 4.40. The van der Waals surface area contributed by atoms with Gasteiger partial charge in [0.25, 0.3) is 5.54 Å². The number of ether oxygens (including phenoxy) is 4. The van der Waals surface area contributed by atoms with Crippen molar-refractivity contribution in [3.05, 3.63) is 101 Å². The van der Waals surface area contributed by atoms with Crippen LogP contribution in [-0.2, 0) is 28.5 Å². The van der Waals surface area contributed by atoms with E-state index in [-0.39, 0.29) is 17.9 Å². The number of carbonyl (C=O) groups is 3. The number of nitrogens with zero attached hydrogens (tertiary/aromatic N) is 1. The Balaban J connectivity index is 2.27. The monoisotopic (exact) mass is 578 g/mol. The van der Waals surface area contributed by atoms with Crippen molar-refractivity contribution >= 4 is 29.4 Å². The van der Waals surface area contributed by atoms with Gasteiger partial charge < -0.3 is 18.9 Å². The van der Waals surface area contributed by atoms with Crippen LogP contribution < -0.4 is 5.32 Å². The van der Waals surface area contributed by atoms with Gasteiger partial charge in [-0.2, -0.15) is 0 Å². The number of rotatable bonds is 10. The van der Waals surface area contributed by atoms with Gasteiger partial charge in [0.2, 0.25) is 0 Å². The van der Waals surface area contributed by atoms with Gasteiger partial charge in [-0.05, 0) is 38.5 Å². The van der Waals surface area contributed by atoms with E-state index in [9.17, 15) is 14.4 Å². The second-order valence-corrected chi connectivity index (χ2v) is 10.3. The predicted molar refractivity (Wildman–Crippen MR) is 156 cm³/mol. The Labute approximate surface area is 244 Å². The highest BCUT2D eigenvalue weighted by atomic mass is 19.1. The SMILES string of the molecule is COCC(c1ccc(NC(=O)OC(C)(C)C)c(F)c1)C(N=C(c1ccccc1)c1ccccc1)(C(=O)OC)C(=O)OC. The number of halogens is 1. The molecular formula is C32H35FN2O7.